The first-order valence-electron chi connectivity index (χ1n) is 7.56. The van der Waals surface area contributed by atoms with E-state index in [-0.39, 0.29) is 0 Å². The van der Waals surface area contributed by atoms with Gasteiger partial charge in [-0.05, 0) is 68.2 Å². The van der Waals surface area contributed by atoms with Crippen LogP contribution in [0.4, 0.5) is 0 Å². The zero-order chi connectivity index (χ0) is 14.7. The van der Waals surface area contributed by atoms with Crippen LogP contribution in [0.25, 0.3) is 0 Å². The Bertz CT molecular complexity index is 796. The van der Waals surface area contributed by atoms with Gasteiger partial charge in [-0.3, -0.25) is 0 Å². The maximum atomic E-state index is 12.9. The summed E-state index contributed by atoms with van der Waals surface area (Å²) >= 11 is 0. The van der Waals surface area contributed by atoms with E-state index in [9.17, 15) is 8.42 Å². The number of hydrogen-bond donors (Lipinski definition) is 0. The average molecular weight is 301 g/mol. The molecule has 0 amide bonds. The highest BCUT2D eigenvalue weighted by Crippen LogP contribution is 2.55. The molecule has 1 aromatic carbocycles. The molecule has 1 heterocycles. The SMILES string of the molecule is Cc1ccc(S(=O)(=O)n2ccc3c2CCCC32CC2)cc1. The Kier molecular flexibility index (Phi) is 2.65. The van der Waals surface area contributed by atoms with Crippen LogP contribution in [0.1, 0.15) is 42.5 Å². The van der Waals surface area contributed by atoms with Gasteiger partial charge in [0, 0.05) is 11.9 Å². The van der Waals surface area contributed by atoms with Crippen LogP contribution in [0.5, 0.6) is 0 Å². The van der Waals surface area contributed by atoms with E-state index < -0.39 is 10.0 Å². The molecule has 4 rings (SSSR count). The topological polar surface area (TPSA) is 39.1 Å². The van der Waals surface area contributed by atoms with Gasteiger partial charge >= 0.3 is 0 Å². The van der Waals surface area contributed by atoms with Crippen LogP contribution in [0.3, 0.4) is 0 Å². The normalized spacial score (nSPS) is 19.5. The lowest BCUT2D eigenvalue weighted by Gasteiger charge is -2.23. The maximum Gasteiger partial charge on any atom is 0.267 e. The molecule has 1 saturated carbocycles. The molecular formula is C17H19NO2S. The highest BCUT2D eigenvalue weighted by molar-refractivity contribution is 7.90. The minimum Gasteiger partial charge on any atom is -0.246 e. The van der Waals surface area contributed by atoms with Crippen LogP contribution in [0.15, 0.2) is 41.4 Å². The second-order valence-corrected chi connectivity index (χ2v) is 8.24. The predicted molar refractivity (Wildman–Crippen MR) is 82.0 cm³/mol. The third-order valence-corrected chi connectivity index (χ3v) is 6.75. The Labute approximate surface area is 125 Å². The van der Waals surface area contributed by atoms with Gasteiger partial charge in [0.25, 0.3) is 10.0 Å². The van der Waals surface area contributed by atoms with Gasteiger partial charge in [0.05, 0.1) is 4.90 Å². The number of rotatable bonds is 2. The highest BCUT2D eigenvalue weighted by Gasteiger charge is 2.48. The summed E-state index contributed by atoms with van der Waals surface area (Å²) in [6.07, 6.45) is 7.37. The Morgan fingerprint density at radius 1 is 1.05 bits per heavy atom. The molecule has 2 aliphatic rings. The summed E-state index contributed by atoms with van der Waals surface area (Å²) in [6.45, 7) is 1.96. The Hall–Kier alpha value is -1.55. The smallest absolute Gasteiger partial charge is 0.246 e. The van der Waals surface area contributed by atoms with Gasteiger partial charge in [-0.1, -0.05) is 17.7 Å². The lowest BCUT2D eigenvalue weighted by Crippen LogP contribution is -2.21. The van der Waals surface area contributed by atoms with Crippen molar-refractivity contribution in [2.24, 2.45) is 0 Å². The fourth-order valence-corrected chi connectivity index (χ4v) is 5.03. The molecule has 21 heavy (non-hydrogen) atoms. The zero-order valence-electron chi connectivity index (χ0n) is 12.2. The number of aromatic nitrogens is 1. The van der Waals surface area contributed by atoms with Crippen molar-refractivity contribution in [3.05, 3.63) is 53.3 Å². The van der Waals surface area contributed by atoms with E-state index in [1.165, 1.54) is 28.8 Å². The molecule has 0 aliphatic heterocycles. The second-order valence-electron chi connectivity index (χ2n) is 6.42. The summed E-state index contributed by atoms with van der Waals surface area (Å²) in [5, 5.41) is 0. The van der Waals surface area contributed by atoms with Crippen molar-refractivity contribution in [1.82, 2.24) is 3.97 Å². The monoisotopic (exact) mass is 301 g/mol. The molecule has 110 valence electrons. The van der Waals surface area contributed by atoms with E-state index in [0.717, 1.165) is 24.1 Å². The van der Waals surface area contributed by atoms with E-state index in [4.69, 9.17) is 0 Å². The van der Waals surface area contributed by atoms with Crippen LogP contribution >= 0.6 is 0 Å². The van der Waals surface area contributed by atoms with Crippen molar-refractivity contribution in [3.8, 4) is 0 Å². The van der Waals surface area contributed by atoms with Gasteiger partial charge in [0.1, 0.15) is 0 Å². The summed E-state index contributed by atoms with van der Waals surface area (Å²) in [5.41, 5.74) is 3.67. The zero-order valence-corrected chi connectivity index (χ0v) is 13.0. The predicted octanol–water partition coefficient (Wildman–Crippen LogP) is 3.40. The number of hydrogen-bond acceptors (Lipinski definition) is 2. The molecule has 0 saturated heterocycles. The Morgan fingerprint density at radius 3 is 2.43 bits per heavy atom. The molecule has 4 heteroatoms. The minimum absolute atomic E-state index is 0.307. The largest absolute Gasteiger partial charge is 0.267 e. The van der Waals surface area contributed by atoms with Crippen LogP contribution in [0, 0.1) is 6.92 Å². The van der Waals surface area contributed by atoms with Gasteiger partial charge in [-0.2, -0.15) is 0 Å². The van der Waals surface area contributed by atoms with Gasteiger partial charge in [-0.15, -0.1) is 0 Å². The molecule has 0 atom stereocenters. The van der Waals surface area contributed by atoms with Gasteiger partial charge in [-0.25, -0.2) is 12.4 Å². The van der Waals surface area contributed by atoms with Crippen molar-refractivity contribution in [2.75, 3.05) is 0 Å². The van der Waals surface area contributed by atoms with E-state index in [2.05, 4.69) is 0 Å². The number of aryl methyl sites for hydroxylation is 1. The Balaban J connectivity index is 1.84. The molecule has 0 bridgehead atoms. The summed E-state index contributed by atoms with van der Waals surface area (Å²) < 4.78 is 27.3. The molecule has 1 spiro atoms. The fourth-order valence-electron chi connectivity index (χ4n) is 3.62. The molecule has 2 aliphatic carbocycles. The summed E-state index contributed by atoms with van der Waals surface area (Å²) in [4.78, 5) is 0.377. The lowest BCUT2D eigenvalue weighted by atomic mass is 9.84. The highest BCUT2D eigenvalue weighted by atomic mass is 32.2. The average Bonchev–Trinajstić information content (AvgIpc) is 3.07. The maximum absolute atomic E-state index is 12.9. The molecule has 3 nitrogen and oxygen atoms in total. The summed E-state index contributed by atoms with van der Waals surface area (Å²) in [7, 11) is -3.46. The van der Waals surface area contributed by atoms with Crippen molar-refractivity contribution in [3.63, 3.8) is 0 Å². The van der Waals surface area contributed by atoms with Crippen molar-refractivity contribution in [1.29, 1.82) is 0 Å². The number of nitrogens with zero attached hydrogens (tertiary/aromatic N) is 1. The van der Waals surface area contributed by atoms with Gasteiger partial charge in [0.2, 0.25) is 0 Å². The first kappa shape index (κ1) is 13.1. The van der Waals surface area contributed by atoms with Crippen molar-refractivity contribution in [2.45, 2.75) is 49.3 Å². The summed E-state index contributed by atoms with van der Waals surface area (Å²) in [5.74, 6) is 0. The minimum atomic E-state index is -3.46. The van der Waals surface area contributed by atoms with Crippen molar-refractivity contribution < 1.29 is 8.42 Å². The second kappa shape index (κ2) is 4.23. The van der Waals surface area contributed by atoms with Crippen LogP contribution in [-0.4, -0.2) is 12.4 Å². The molecule has 0 unspecified atom stereocenters. The van der Waals surface area contributed by atoms with E-state index in [0.29, 0.717) is 10.3 Å². The Morgan fingerprint density at radius 2 is 1.76 bits per heavy atom. The van der Waals surface area contributed by atoms with Gasteiger partial charge < -0.3 is 0 Å². The third kappa shape index (κ3) is 1.89. The van der Waals surface area contributed by atoms with E-state index in [1.807, 2.05) is 25.1 Å². The van der Waals surface area contributed by atoms with E-state index >= 15 is 0 Å². The number of benzene rings is 1. The molecule has 0 radical (unpaired) electrons. The first-order valence-corrected chi connectivity index (χ1v) is 9.00. The fraction of sp³-hybridized carbons (Fsp3) is 0.412. The quantitative estimate of drug-likeness (QED) is 0.853. The van der Waals surface area contributed by atoms with Crippen LogP contribution in [-0.2, 0) is 21.9 Å². The molecule has 2 aromatic rings. The molecule has 1 fully saturated rings. The van der Waals surface area contributed by atoms with Crippen LogP contribution in [0.2, 0.25) is 0 Å². The van der Waals surface area contributed by atoms with Crippen molar-refractivity contribution >= 4 is 10.0 Å². The summed E-state index contributed by atoms with van der Waals surface area (Å²) in [6, 6.07) is 9.14. The lowest BCUT2D eigenvalue weighted by molar-refractivity contribution is 0.530. The van der Waals surface area contributed by atoms with Crippen LogP contribution < -0.4 is 0 Å². The van der Waals surface area contributed by atoms with E-state index in [1.54, 1.807) is 18.3 Å². The third-order valence-electron chi connectivity index (χ3n) is 5.03. The standard InChI is InChI=1S/C17H19NO2S/c1-13-4-6-14(7-5-13)21(19,20)18-12-8-15-16(18)3-2-9-17(15)10-11-17/h4-8,12H,2-3,9-11H2,1H3. The first-order chi connectivity index (χ1) is 10.0. The molecule has 0 N–H and O–H groups in total. The molecular weight excluding hydrogens is 282 g/mol. The number of fused-ring (bicyclic) bond motifs is 2. The van der Waals surface area contributed by atoms with Gasteiger partial charge in [0.15, 0.2) is 0 Å². The molecule has 1 aromatic heterocycles.